The number of nitrogens with zero attached hydrogens (tertiary/aromatic N) is 2. The molecule has 2 bridgehead atoms. The standard InChI is InChI=1S/C14H17F3N2O3S/c1-23(20,21)22-12-6-10-3-4-11(7-12)19(10)13-5-2-9(8-18-13)14(15,16)17/h2,5,8,10-12H,3-4,6-7H2,1H3/t10-,11+,12?. The summed E-state index contributed by atoms with van der Waals surface area (Å²) < 4.78 is 65.4. The third kappa shape index (κ3) is 3.60. The Kier molecular flexibility index (Phi) is 4.04. The van der Waals surface area contributed by atoms with Gasteiger partial charge in [-0.05, 0) is 37.8 Å². The molecule has 1 aromatic rings. The summed E-state index contributed by atoms with van der Waals surface area (Å²) in [6.07, 6.45) is -0.117. The van der Waals surface area contributed by atoms with Crippen LogP contribution in [-0.4, -0.2) is 37.8 Å². The molecule has 0 N–H and O–H groups in total. The van der Waals surface area contributed by atoms with Crippen molar-refractivity contribution in [1.82, 2.24) is 4.98 Å². The lowest BCUT2D eigenvalue weighted by Crippen LogP contribution is -2.46. The molecule has 5 nitrogen and oxygen atoms in total. The summed E-state index contributed by atoms with van der Waals surface area (Å²) in [5.74, 6) is 0.503. The van der Waals surface area contributed by atoms with Crippen LogP contribution in [0, 0.1) is 0 Å². The molecule has 1 unspecified atom stereocenters. The number of fused-ring (bicyclic) bond motifs is 2. The smallest absolute Gasteiger partial charge is 0.350 e. The van der Waals surface area contributed by atoms with Crippen LogP contribution in [0.25, 0.3) is 0 Å². The van der Waals surface area contributed by atoms with Crippen LogP contribution < -0.4 is 4.90 Å². The lowest BCUT2D eigenvalue weighted by atomic mass is 10.00. The first-order valence-electron chi connectivity index (χ1n) is 7.33. The van der Waals surface area contributed by atoms with Crippen molar-refractivity contribution >= 4 is 15.9 Å². The lowest BCUT2D eigenvalue weighted by molar-refractivity contribution is -0.137. The summed E-state index contributed by atoms with van der Waals surface area (Å²) in [6.45, 7) is 0. The first-order chi connectivity index (χ1) is 10.6. The third-order valence-corrected chi connectivity index (χ3v) is 4.96. The Bertz CT molecular complexity index is 662. The van der Waals surface area contributed by atoms with Crippen molar-refractivity contribution in [2.75, 3.05) is 11.2 Å². The summed E-state index contributed by atoms with van der Waals surface area (Å²) in [7, 11) is -3.51. The van der Waals surface area contributed by atoms with Crippen molar-refractivity contribution < 1.29 is 25.8 Å². The Hall–Kier alpha value is -1.35. The minimum absolute atomic E-state index is 0.0461. The fraction of sp³-hybridized carbons (Fsp3) is 0.643. The molecule has 2 aliphatic rings. The van der Waals surface area contributed by atoms with Gasteiger partial charge in [-0.25, -0.2) is 4.98 Å². The van der Waals surface area contributed by atoms with Gasteiger partial charge in [-0.2, -0.15) is 21.6 Å². The van der Waals surface area contributed by atoms with Crippen LogP contribution in [0.5, 0.6) is 0 Å². The number of alkyl halides is 3. The normalized spacial score (nSPS) is 28.2. The fourth-order valence-corrected chi connectivity index (χ4v) is 4.18. The van der Waals surface area contributed by atoms with Crippen LogP contribution >= 0.6 is 0 Å². The molecular formula is C14H17F3N2O3S. The van der Waals surface area contributed by atoms with E-state index in [1.165, 1.54) is 6.07 Å². The van der Waals surface area contributed by atoms with E-state index in [1.54, 1.807) is 0 Å². The molecule has 2 fully saturated rings. The molecule has 23 heavy (non-hydrogen) atoms. The van der Waals surface area contributed by atoms with Crippen molar-refractivity contribution in [2.24, 2.45) is 0 Å². The molecule has 3 atom stereocenters. The molecular weight excluding hydrogens is 333 g/mol. The van der Waals surface area contributed by atoms with Gasteiger partial charge < -0.3 is 4.90 Å². The van der Waals surface area contributed by atoms with Crippen LogP contribution in [0.3, 0.4) is 0 Å². The molecule has 2 aliphatic heterocycles. The molecule has 128 valence electrons. The molecule has 0 saturated carbocycles. The van der Waals surface area contributed by atoms with Gasteiger partial charge in [0.1, 0.15) is 5.82 Å². The van der Waals surface area contributed by atoms with Gasteiger partial charge in [-0.1, -0.05) is 0 Å². The average Bonchev–Trinajstić information content (AvgIpc) is 2.68. The largest absolute Gasteiger partial charge is 0.417 e. The Balaban J connectivity index is 1.76. The second kappa shape index (κ2) is 5.62. The maximum atomic E-state index is 12.6. The second-order valence-electron chi connectivity index (χ2n) is 6.09. The zero-order chi connectivity index (χ0) is 16.8. The highest BCUT2D eigenvalue weighted by Gasteiger charge is 2.43. The molecule has 0 aliphatic carbocycles. The zero-order valence-electron chi connectivity index (χ0n) is 12.5. The molecule has 1 aromatic heterocycles. The minimum atomic E-state index is -4.40. The maximum Gasteiger partial charge on any atom is 0.417 e. The molecule has 0 radical (unpaired) electrons. The first kappa shape index (κ1) is 16.5. The number of anilines is 1. The number of hydrogen-bond acceptors (Lipinski definition) is 5. The van der Waals surface area contributed by atoms with Gasteiger partial charge in [0, 0.05) is 18.3 Å². The molecule has 0 spiro atoms. The highest BCUT2D eigenvalue weighted by atomic mass is 32.2. The molecule has 0 aromatic carbocycles. The Morgan fingerprint density at radius 3 is 2.26 bits per heavy atom. The maximum absolute atomic E-state index is 12.6. The number of pyridine rings is 1. The van der Waals surface area contributed by atoms with E-state index in [2.05, 4.69) is 4.98 Å². The van der Waals surface area contributed by atoms with Crippen LogP contribution in [0.2, 0.25) is 0 Å². The molecule has 3 heterocycles. The molecule has 3 rings (SSSR count). The van der Waals surface area contributed by atoms with Gasteiger partial charge in [0.2, 0.25) is 0 Å². The van der Waals surface area contributed by atoms with Crippen molar-refractivity contribution in [2.45, 2.75) is 50.0 Å². The van der Waals surface area contributed by atoms with Gasteiger partial charge in [0.25, 0.3) is 10.1 Å². The van der Waals surface area contributed by atoms with Crippen molar-refractivity contribution in [3.05, 3.63) is 23.9 Å². The quantitative estimate of drug-likeness (QED) is 0.784. The summed E-state index contributed by atoms with van der Waals surface area (Å²) in [5, 5.41) is 0. The number of halogens is 3. The third-order valence-electron chi connectivity index (χ3n) is 4.34. The monoisotopic (exact) mass is 350 g/mol. The number of hydrogen-bond donors (Lipinski definition) is 0. The highest BCUT2D eigenvalue weighted by molar-refractivity contribution is 7.86. The van der Waals surface area contributed by atoms with E-state index in [1.807, 2.05) is 4.90 Å². The Morgan fingerprint density at radius 1 is 1.22 bits per heavy atom. The molecule has 9 heteroatoms. The van der Waals surface area contributed by atoms with Gasteiger partial charge >= 0.3 is 6.18 Å². The topological polar surface area (TPSA) is 59.5 Å². The fourth-order valence-electron chi connectivity index (χ4n) is 3.53. The van der Waals surface area contributed by atoms with E-state index < -0.39 is 21.9 Å². The van der Waals surface area contributed by atoms with Crippen molar-refractivity contribution in [3.63, 3.8) is 0 Å². The van der Waals surface area contributed by atoms with Crippen molar-refractivity contribution in [3.8, 4) is 0 Å². The van der Waals surface area contributed by atoms with Crippen LogP contribution in [0.1, 0.15) is 31.2 Å². The highest BCUT2D eigenvalue weighted by Crippen LogP contribution is 2.40. The summed E-state index contributed by atoms with van der Waals surface area (Å²) in [5.41, 5.74) is -0.774. The van der Waals surface area contributed by atoms with E-state index in [-0.39, 0.29) is 18.2 Å². The summed E-state index contributed by atoms with van der Waals surface area (Å²) >= 11 is 0. The van der Waals surface area contributed by atoms with E-state index >= 15 is 0 Å². The minimum Gasteiger partial charge on any atom is -0.350 e. The lowest BCUT2D eigenvalue weighted by Gasteiger charge is -2.39. The van der Waals surface area contributed by atoms with Gasteiger partial charge in [0.05, 0.1) is 17.9 Å². The average molecular weight is 350 g/mol. The molecule has 0 amide bonds. The van der Waals surface area contributed by atoms with E-state index in [0.29, 0.717) is 18.7 Å². The first-order valence-corrected chi connectivity index (χ1v) is 9.15. The predicted octanol–water partition coefficient (Wildman–Crippen LogP) is 2.58. The van der Waals surface area contributed by atoms with Crippen molar-refractivity contribution in [1.29, 1.82) is 0 Å². The van der Waals surface area contributed by atoms with Gasteiger partial charge in [0.15, 0.2) is 0 Å². The van der Waals surface area contributed by atoms with Crippen LogP contribution in [0.4, 0.5) is 19.0 Å². The number of piperidine rings is 1. The predicted molar refractivity (Wildman–Crippen MR) is 77.5 cm³/mol. The van der Waals surface area contributed by atoms with E-state index in [0.717, 1.165) is 31.4 Å². The zero-order valence-corrected chi connectivity index (χ0v) is 13.3. The summed E-state index contributed by atoms with van der Waals surface area (Å²) in [6, 6.07) is 2.50. The Morgan fingerprint density at radius 2 is 1.83 bits per heavy atom. The number of rotatable bonds is 3. The van der Waals surface area contributed by atoms with Gasteiger partial charge in [-0.3, -0.25) is 4.18 Å². The molecule has 2 saturated heterocycles. The van der Waals surface area contributed by atoms with E-state index in [9.17, 15) is 21.6 Å². The Labute approximate surface area is 132 Å². The van der Waals surface area contributed by atoms with Crippen LogP contribution in [-0.2, 0) is 20.5 Å². The SMILES string of the molecule is CS(=O)(=O)OC1C[C@H]2CC[C@@H](C1)N2c1ccc(C(F)(F)F)cn1. The second-order valence-corrected chi connectivity index (χ2v) is 7.69. The van der Waals surface area contributed by atoms with Crippen LogP contribution in [0.15, 0.2) is 18.3 Å². The number of aromatic nitrogens is 1. The van der Waals surface area contributed by atoms with Gasteiger partial charge in [-0.15, -0.1) is 0 Å². The van der Waals surface area contributed by atoms with E-state index in [4.69, 9.17) is 4.18 Å². The summed E-state index contributed by atoms with van der Waals surface area (Å²) in [4.78, 5) is 5.96.